The van der Waals surface area contributed by atoms with Gasteiger partial charge < -0.3 is 9.47 Å². The summed E-state index contributed by atoms with van der Waals surface area (Å²) in [4.78, 5) is 11.6. The van der Waals surface area contributed by atoms with Crippen molar-refractivity contribution in [2.45, 2.75) is 32.5 Å². The lowest BCUT2D eigenvalue weighted by Gasteiger charge is -2.05. The fourth-order valence-corrected chi connectivity index (χ4v) is 1.77. The zero-order valence-corrected chi connectivity index (χ0v) is 9.82. The number of rotatable bonds is 3. The van der Waals surface area contributed by atoms with Gasteiger partial charge in [0.15, 0.2) is 5.60 Å². The Balaban J connectivity index is 2.10. The van der Waals surface area contributed by atoms with Crippen LogP contribution in [0, 0.1) is 6.92 Å². The summed E-state index contributed by atoms with van der Waals surface area (Å²) in [6.07, 6.45) is -0.160. The molecule has 0 saturated carbocycles. The Bertz CT molecular complexity index is 396. The lowest BCUT2D eigenvalue weighted by molar-refractivity contribution is -0.148. The smallest absolute Gasteiger partial charge is 0.341 e. The van der Waals surface area contributed by atoms with E-state index in [-0.39, 0.29) is 12.1 Å². The third-order valence-corrected chi connectivity index (χ3v) is 2.87. The first-order valence-electron chi connectivity index (χ1n) is 5.49. The van der Waals surface area contributed by atoms with Gasteiger partial charge in [0.25, 0.3) is 0 Å². The lowest BCUT2D eigenvalue weighted by Crippen LogP contribution is -2.24. The fourth-order valence-electron chi connectivity index (χ4n) is 1.77. The molecule has 1 aliphatic rings. The Labute approximate surface area is 95.4 Å². The minimum Gasteiger partial charge on any atom is -0.464 e. The highest BCUT2D eigenvalue weighted by Crippen LogP contribution is 2.50. The molecule has 0 aliphatic carbocycles. The second-order valence-electron chi connectivity index (χ2n) is 4.24. The van der Waals surface area contributed by atoms with Crippen LogP contribution in [0.25, 0.3) is 0 Å². The number of aryl methyl sites for hydroxylation is 1. The normalized spacial score (nSPS) is 27.6. The minimum absolute atomic E-state index is 0.160. The largest absolute Gasteiger partial charge is 0.464 e. The summed E-state index contributed by atoms with van der Waals surface area (Å²) >= 11 is 0. The van der Waals surface area contributed by atoms with E-state index in [1.165, 1.54) is 5.56 Å². The molecule has 2 rings (SSSR count). The van der Waals surface area contributed by atoms with Gasteiger partial charge in [-0.1, -0.05) is 29.8 Å². The minimum atomic E-state index is -0.786. The maximum absolute atomic E-state index is 11.6. The van der Waals surface area contributed by atoms with Gasteiger partial charge in [-0.3, -0.25) is 0 Å². The van der Waals surface area contributed by atoms with Gasteiger partial charge in [-0.25, -0.2) is 4.79 Å². The van der Waals surface area contributed by atoms with E-state index in [0.717, 1.165) is 5.56 Å². The first-order chi connectivity index (χ1) is 7.58. The maximum atomic E-state index is 11.6. The third kappa shape index (κ3) is 1.83. The summed E-state index contributed by atoms with van der Waals surface area (Å²) in [6.45, 7) is 5.99. The second kappa shape index (κ2) is 3.91. The van der Waals surface area contributed by atoms with E-state index in [9.17, 15) is 4.79 Å². The van der Waals surface area contributed by atoms with Gasteiger partial charge in [-0.15, -0.1) is 0 Å². The van der Waals surface area contributed by atoms with Crippen LogP contribution in [0.15, 0.2) is 24.3 Å². The standard InChI is InChI=1S/C13H16O3/c1-4-15-12(14)13(3)11(16-13)10-7-5-9(2)6-8-10/h5-8,11H,4H2,1-3H3/t11-,13-/m0/s1. The van der Waals surface area contributed by atoms with E-state index >= 15 is 0 Å². The van der Waals surface area contributed by atoms with Gasteiger partial charge in [0, 0.05) is 0 Å². The molecule has 1 aromatic rings. The molecule has 1 saturated heterocycles. The molecule has 1 aromatic carbocycles. The van der Waals surface area contributed by atoms with Crippen LogP contribution >= 0.6 is 0 Å². The van der Waals surface area contributed by atoms with Crippen LogP contribution in [-0.2, 0) is 14.3 Å². The van der Waals surface area contributed by atoms with E-state index in [2.05, 4.69) is 0 Å². The molecule has 0 N–H and O–H groups in total. The molecule has 1 fully saturated rings. The van der Waals surface area contributed by atoms with E-state index in [0.29, 0.717) is 6.61 Å². The van der Waals surface area contributed by atoms with Crippen molar-refractivity contribution in [2.75, 3.05) is 6.61 Å². The number of benzene rings is 1. The van der Waals surface area contributed by atoms with Crippen molar-refractivity contribution in [2.24, 2.45) is 0 Å². The summed E-state index contributed by atoms with van der Waals surface area (Å²) in [5.41, 5.74) is 1.44. The van der Waals surface area contributed by atoms with Crippen LogP contribution in [0.3, 0.4) is 0 Å². The van der Waals surface area contributed by atoms with E-state index in [4.69, 9.17) is 9.47 Å². The molecule has 0 unspecified atom stereocenters. The molecule has 0 radical (unpaired) electrons. The van der Waals surface area contributed by atoms with Crippen molar-refractivity contribution in [1.29, 1.82) is 0 Å². The molecule has 1 aliphatic heterocycles. The lowest BCUT2D eigenvalue weighted by atomic mass is 10.0. The van der Waals surface area contributed by atoms with Crippen LogP contribution in [0.4, 0.5) is 0 Å². The SMILES string of the molecule is CCOC(=O)[C@@]1(C)O[C@H]1c1ccc(C)cc1. The van der Waals surface area contributed by atoms with Crippen LogP contribution in [0.2, 0.25) is 0 Å². The molecule has 16 heavy (non-hydrogen) atoms. The summed E-state index contributed by atoms with van der Waals surface area (Å²) in [7, 11) is 0. The number of ether oxygens (including phenoxy) is 2. The number of hydrogen-bond acceptors (Lipinski definition) is 3. The highest BCUT2D eigenvalue weighted by Gasteiger charge is 2.60. The highest BCUT2D eigenvalue weighted by molar-refractivity contribution is 5.83. The molecule has 3 nitrogen and oxygen atoms in total. The van der Waals surface area contributed by atoms with Gasteiger partial charge in [0.1, 0.15) is 6.10 Å². The van der Waals surface area contributed by atoms with Gasteiger partial charge in [-0.2, -0.15) is 0 Å². The first-order valence-corrected chi connectivity index (χ1v) is 5.49. The van der Waals surface area contributed by atoms with E-state index in [1.807, 2.05) is 31.2 Å². The number of carbonyl (C=O) groups excluding carboxylic acids is 1. The predicted octanol–water partition coefficient (Wildman–Crippen LogP) is 2.39. The first kappa shape index (κ1) is 11.1. The quantitative estimate of drug-likeness (QED) is 0.580. The Morgan fingerprint density at radius 1 is 1.44 bits per heavy atom. The van der Waals surface area contributed by atoms with Crippen molar-refractivity contribution < 1.29 is 14.3 Å². The molecular weight excluding hydrogens is 204 g/mol. The molecule has 1 heterocycles. The van der Waals surface area contributed by atoms with Crippen LogP contribution in [-0.4, -0.2) is 18.2 Å². The number of hydrogen-bond donors (Lipinski definition) is 0. The Kier molecular flexibility index (Phi) is 2.72. The molecule has 0 bridgehead atoms. The molecule has 86 valence electrons. The number of epoxide rings is 1. The van der Waals surface area contributed by atoms with Gasteiger partial charge in [0.2, 0.25) is 0 Å². The monoisotopic (exact) mass is 220 g/mol. The average Bonchev–Trinajstić information content (AvgIpc) is 2.94. The molecule has 3 heteroatoms. The van der Waals surface area contributed by atoms with E-state index in [1.54, 1.807) is 13.8 Å². The zero-order chi connectivity index (χ0) is 11.8. The molecule has 0 amide bonds. The second-order valence-corrected chi connectivity index (χ2v) is 4.24. The topological polar surface area (TPSA) is 38.8 Å². The van der Waals surface area contributed by atoms with Gasteiger partial charge >= 0.3 is 5.97 Å². The van der Waals surface area contributed by atoms with Gasteiger partial charge in [0.05, 0.1) is 6.61 Å². The van der Waals surface area contributed by atoms with Crippen molar-refractivity contribution >= 4 is 5.97 Å². The maximum Gasteiger partial charge on any atom is 0.341 e. The predicted molar refractivity (Wildman–Crippen MR) is 60.0 cm³/mol. The molecule has 2 atom stereocenters. The van der Waals surface area contributed by atoms with Gasteiger partial charge in [-0.05, 0) is 26.3 Å². The zero-order valence-electron chi connectivity index (χ0n) is 9.82. The van der Waals surface area contributed by atoms with Crippen molar-refractivity contribution in [1.82, 2.24) is 0 Å². The summed E-state index contributed by atoms with van der Waals surface area (Å²) in [5, 5.41) is 0. The fraction of sp³-hybridized carbons (Fsp3) is 0.462. The van der Waals surface area contributed by atoms with E-state index < -0.39 is 5.60 Å². The molecular formula is C13H16O3. The van der Waals surface area contributed by atoms with Crippen LogP contribution in [0.5, 0.6) is 0 Å². The third-order valence-electron chi connectivity index (χ3n) is 2.87. The highest BCUT2D eigenvalue weighted by atomic mass is 16.7. The van der Waals surface area contributed by atoms with Crippen molar-refractivity contribution in [3.05, 3.63) is 35.4 Å². The molecule has 0 spiro atoms. The van der Waals surface area contributed by atoms with Crippen molar-refractivity contribution in [3.63, 3.8) is 0 Å². The van der Waals surface area contributed by atoms with Crippen LogP contribution < -0.4 is 0 Å². The molecule has 0 aromatic heterocycles. The number of esters is 1. The summed E-state index contributed by atoms with van der Waals surface area (Å²) in [5.74, 6) is -0.277. The number of carbonyl (C=O) groups is 1. The average molecular weight is 220 g/mol. The van der Waals surface area contributed by atoms with Crippen LogP contribution in [0.1, 0.15) is 31.1 Å². The Morgan fingerprint density at radius 2 is 2.06 bits per heavy atom. The Hall–Kier alpha value is -1.35. The van der Waals surface area contributed by atoms with Crippen molar-refractivity contribution in [3.8, 4) is 0 Å². The summed E-state index contributed by atoms with van der Waals surface area (Å²) in [6, 6.07) is 8.01. The summed E-state index contributed by atoms with van der Waals surface area (Å²) < 4.78 is 10.5. The Morgan fingerprint density at radius 3 is 2.62 bits per heavy atom.